The van der Waals surface area contributed by atoms with Crippen LogP contribution < -0.4 is 0 Å². The molecule has 2 radical (unpaired) electrons. The topological polar surface area (TPSA) is 115 Å². The van der Waals surface area contributed by atoms with Crippen LogP contribution in [0.15, 0.2) is 0 Å². The number of carbonyl (C=O) groups is 2. The molecule has 0 fully saturated rings. The Morgan fingerprint density at radius 2 is 0.800 bits per heavy atom. The maximum Gasteiger partial charge on any atom is 0.503 e. The van der Waals surface area contributed by atoms with E-state index in [0.717, 1.165) is 0 Å². The van der Waals surface area contributed by atoms with Crippen LogP contribution in [0.3, 0.4) is 0 Å². The molecule has 0 unspecified atom stereocenters. The second-order valence-electron chi connectivity index (χ2n) is 0.565. The molecule has 8 heteroatoms. The smallest absolute Gasteiger partial charge is 0.450 e. The second kappa shape index (κ2) is 16.2. The molecule has 0 aliphatic heterocycles. The number of rotatable bonds is 0. The number of hydrogen-bond donors (Lipinski definition) is 4. The molecule has 0 aromatic carbocycles. The molecule has 0 aromatic heterocycles. The Kier molecular flexibility index (Phi) is 36.4. The summed E-state index contributed by atoms with van der Waals surface area (Å²) in [6.07, 6.45) is -3.67. The van der Waals surface area contributed by atoms with Gasteiger partial charge in [-0.15, -0.1) is 0 Å². The summed E-state index contributed by atoms with van der Waals surface area (Å²) >= 11 is 0. The van der Waals surface area contributed by atoms with Gasteiger partial charge in [0.05, 0.1) is 0 Å². The summed E-state index contributed by atoms with van der Waals surface area (Å²) in [4.78, 5) is 17.1. The van der Waals surface area contributed by atoms with Crippen molar-refractivity contribution in [2.45, 2.75) is 0 Å². The van der Waals surface area contributed by atoms with Gasteiger partial charge in [0, 0.05) is 58.2 Å². The maximum absolute atomic E-state index is 8.56. The minimum Gasteiger partial charge on any atom is -0.450 e. The molecular formula is C2H4CaO6Pd. The van der Waals surface area contributed by atoms with Crippen molar-refractivity contribution >= 4 is 50.0 Å². The van der Waals surface area contributed by atoms with Crippen molar-refractivity contribution < 1.29 is 50.4 Å². The Morgan fingerprint density at radius 1 is 0.800 bits per heavy atom. The number of hydrogen-bond acceptors (Lipinski definition) is 2. The zero-order valence-corrected chi connectivity index (χ0v) is 8.39. The van der Waals surface area contributed by atoms with Crippen molar-refractivity contribution in [3.8, 4) is 0 Å². The molecule has 60 valence electrons. The molecule has 0 saturated carbocycles. The van der Waals surface area contributed by atoms with Crippen LogP contribution in [-0.2, 0) is 20.4 Å². The van der Waals surface area contributed by atoms with Gasteiger partial charge >= 0.3 is 12.3 Å². The van der Waals surface area contributed by atoms with Gasteiger partial charge in [0.15, 0.2) is 0 Å². The van der Waals surface area contributed by atoms with Crippen molar-refractivity contribution in [2.75, 3.05) is 0 Å². The fourth-order valence-corrected chi connectivity index (χ4v) is 0. The summed E-state index contributed by atoms with van der Waals surface area (Å²) in [5.74, 6) is 0. The van der Waals surface area contributed by atoms with E-state index in [2.05, 4.69) is 0 Å². The van der Waals surface area contributed by atoms with Gasteiger partial charge in [0.2, 0.25) is 0 Å². The molecule has 0 spiro atoms. The van der Waals surface area contributed by atoms with Crippen LogP contribution in [0.4, 0.5) is 9.59 Å². The standard InChI is InChI=1S/2CH2O3.Ca.Pd/c2*2-1(3)4;;/h2*(H2,2,3,4);;. The fraction of sp³-hybridized carbons (Fsp3) is 0. The Morgan fingerprint density at radius 3 is 0.800 bits per heavy atom. The Balaban J connectivity index is -0.0000000300. The van der Waals surface area contributed by atoms with E-state index in [1.807, 2.05) is 0 Å². The van der Waals surface area contributed by atoms with Crippen molar-refractivity contribution in [1.29, 1.82) is 0 Å². The summed E-state index contributed by atoms with van der Waals surface area (Å²) in [5, 5.41) is 27.9. The molecule has 0 aromatic rings. The normalized spacial score (nSPS) is 4.80. The van der Waals surface area contributed by atoms with E-state index in [9.17, 15) is 0 Å². The zero-order chi connectivity index (χ0) is 7.15. The predicted molar refractivity (Wildman–Crippen MR) is 27.1 cm³/mol. The first kappa shape index (κ1) is 22.4. The van der Waals surface area contributed by atoms with Gasteiger partial charge in [-0.3, -0.25) is 0 Å². The fourth-order valence-electron chi connectivity index (χ4n) is 0. The van der Waals surface area contributed by atoms with E-state index in [1.165, 1.54) is 0 Å². The number of carboxylic acid groups (broad SMARTS) is 4. The Hall–Kier alpha value is 0.462. The molecule has 10 heavy (non-hydrogen) atoms. The summed E-state index contributed by atoms with van der Waals surface area (Å²) in [5.41, 5.74) is 0. The molecule has 0 amide bonds. The summed E-state index contributed by atoms with van der Waals surface area (Å²) in [6.45, 7) is 0. The van der Waals surface area contributed by atoms with Crippen LogP contribution in [0.25, 0.3) is 0 Å². The molecular weight excluding hydrogens is 267 g/mol. The van der Waals surface area contributed by atoms with E-state index < -0.39 is 12.3 Å². The first-order chi connectivity index (χ1) is 3.46. The first-order valence-electron chi connectivity index (χ1n) is 1.30. The third-order valence-electron chi connectivity index (χ3n) is 0. The molecule has 4 N–H and O–H groups in total. The molecule has 0 aliphatic rings. The molecule has 0 heterocycles. The molecule has 6 nitrogen and oxygen atoms in total. The summed E-state index contributed by atoms with van der Waals surface area (Å²) < 4.78 is 0. The zero-order valence-electron chi connectivity index (χ0n) is 4.63. The van der Waals surface area contributed by atoms with Crippen molar-refractivity contribution in [2.24, 2.45) is 0 Å². The van der Waals surface area contributed by atoms with Gasteiger partial charge in [0.25, 0.3) is 0 Å². The van der Waals surface area contributed by atoms with Crippen molar-refractivity contribution in [1.82, 2.24) is 0 Å². The van der Waals surface area contributed by atoms with Crippen LogP contribution >= 0.6 is 0 Å². The van der Waals surface area contributed by atoms with Crippen LogP contribution in [0.1, 0.15) is 0 Å². The molecule has 0 aliphatic carbocycles. The summed E-state index contributed by atoms with van der Waals surface area (Å²) in [7, 11) is 0. The van der Waals surface area contributed by atoms with E-state index in [1.54, 1.807) is 0 Å². The maximum atomic E-state index is 8.56. The van der Waals surface area contributed by atoms with E-state index in [0.29, 0.717) is 0 Å². The Bertz CT molecular complexity index is 73.7. The van der Waals surface area contributed by atoms with Gasteiger partial charge in [0.1, 0.15) is 0 Å². The molecule has 0 atom stereocenters. The van der Waals surface area contributed by atoms with Crippen LogP contribution in [0, 0.1) is 0 Å². The van der Waals surface area contributed by atoms with E-state index >= 15 is 0 Å². The quantitative estimate of drug-likeness (QED) is 0.463. The predicted octanol–water partition coefficient (Wildman–Crippen LogP) is 0.0615. The van der Waals surface area contributed by atoms with Crippen LogP contribution in [0.5, 0.6) is 0 Å². The van der Waals surface area contributed by atoms with Gasteiger partial charge in [-0.2, -0.15) is 0 Å². The van der Waals surface area contributed by atoms with E-state index in [-0.39, 0.29) is 58.2 Å². The minimum absolute atomic E-state index is 0. The molecule has 0 bridgehead atoms. The molecule has 0 rings (SSSR count). The largest absolute Gasteiger partial charge is 0.503 e. The average Bonchev–Trinajstić information content (AvgIpc) is 1.25. The van der Waals surface area contributed by atoms with Gasteiger partial charge < -0.3 is 20.4 Å². The van der Waals surface area contributed by atoms with Gasteiger partial charge in [-0.25, -0.2) is 9.59 Å². The summed E-state index contributed by atoms with van der Waals surface area (Å²) in [6, 6.07) is 0. The van der Waals surface area contributed by atoms with Crippen LogP contribution in [0.2, 0.25) is 0 Å². The SMILES string of the molecule is O=C(O)O.O=C(O)O.[Ca].[Pd]. The average molecular weight is 271 g/mol. The Labute approximate surface area is 99.5 Å². The second-order valence-corrected chi connectivity index (χ2v) is 0.565. The monoisotopic (exact) mass is 270 g/mol. The van der Waals surface area contributed by atoms with Crippen molar-refractivity contribution in [3.05, 3.63) is 0 Å². The van der Waals surface area contributed by atoms with Gasteiger partial charge in [-0.05, 0) is 0 Å². The van der Waals surface area contributed by atoms with Crippen LogP contribution in [-0.4, -0.2) is 70.5 Å². The third kappa shape index (κ3) is 2210. The molecule has 0 saturated heterocycles. The van der Waals surface area contributed by atoms with E-state index in [4.69, 9.17) is 30.0 Å². The van der Waals surface area contributed by atoms with Crippen molar-refractivity contribution in [3.63, 3.8) is 0 Å². The van der Waals surface area contributed by atoms with Gasteiger partial charge in [-0.1, -0.05) is 0 Å². The first-order valence-corrected chi connectivity index (χ1v) is 1.30. The third-order valence-corrected chi connectivity index (χ3v) is 0. The minimum atomic E-state index is -1.83.